The van der Waals surface area contributed by atoms with Gasteiger partial charge in [0.2, 0.25) is 5.95 Å². The first-order chi connectivity index (χ1) is 21.4. The highest BCUT2D eigenvalue weighted by molar-refractivity contribution is 7.90. The SMILES string of the molecule is C[C@@H]1CCC(Nc2ncc(C(F)(F)F)c(-c3cn(S(=O)(=O)c4ccccc4)c4nc(/C(=C/N)N(C)N)ccc34)n2)CN1C1[B]C1. The fourth-order valence-electron chi connectivity index (χ4n) is 5.77. The third kappa shape index (κ3) is 5.96. The number of halogens is 3. The lowest BCUT2D eigenvalue weighted by Gasteiger charge is -2.38. The lowest BCUT2D eigenvalue weighted by molar-refractivity contribution is -0.137. The maximum Gasteiger partial charge on any atom is 0.419 e. The van der Waals surface area contributed by atoms with Crippen molar-refractivity contribution in [1.82, 2.24) is 28.8 Å². The number of likely N-dealkylation sites (tertiary alicyclic amines) is 1. The number of aromatic nitrogens is 4. The molecule has 3 aromatic heterocycles. The second-order valence-electron chi connectivity index (χ2n) is 11.3. The molecule has 6 rings (SSSR count). The van der Waals surface area contributed by atoms with Crippen LogP contribution in [0, 0.1) is 0 Å². The van der Waals surface area contributed by atoms with Crippen molar-refractivity contribution in [2.75, 3.05) is 18.9 Å². The van der Waals surface area contributed by atoms with E-state index >= 15 is 0 Å². The Labute approximate surface area is 259 Å². The monoisotopic (exact) mass is 638 g/mol. The highest BCUT2D eigenvalue weighted by Gasteiger charge is 2.39. The van der Waals surface area contributed by atoms with Gasteiger partial charge in [-0.15, -0.1) is 0 Å². The van der Waals surface area contributed by atoms with Gasteiger partial charge in [-0.3, -0.25) is 0 Å². The summed E-state index contributed by atoms with van der Waals surface area (Å²) in [6, 6.07) is 10.9. The van der Waals surface area contributed by atoms with Gasteiger partial charge < -0.3 is 21.0 Å². The summed E-state index contributed by atoms with van der Waals surface area (Å²) in [5, 5.41) is 4.56. The van der Waals surface area contributed by atoms with Gasteiger partial charge in [-0.1, -0.05) is 24.5 Å². The average molecular weight is 639 g/mol. The molecular formula is C29H32BF3N9O2S. The van der Waals surface area contributed by atoms with Gasteiger partial charge in [-0.2, -0.15) is 13.2 Å². The van der Waals surface area contributed by atoms with E-state index in [1.165, 1.54) is 42.5 Å². The van der Waals surface area contributed by atoms with Crippen LogP contribution in [0.2, 0.25) is 6.32 Å². The number of piperidine rings is 1. The Hall–Kier alpha value is -4.15. The van der Waals surface area contributed by atoms with Crippen LogP contribution in [-0.2, 0) is 16.2 Å². The van der Waals surface area contributed by atoms with Crippen LogP contribution in [0.5, 0.6) is 0 Å². The zero-order chi connectivity index (χ0) is 32.1. The summed E-state index contributed by atoms with van der Waals surface area (Å²) in [6.45, 7) is 2.88. The first kappa shape index (κ1) is 30.9. The maximum atomic E-state index is 14.4. The number of hydrogen-bond acceptors (Lipinski definition) is 10. The number of rotatable bonds is 8. The Balaban J connectivity index is 1.51. The van der Waals surface area contributed by atoms with E-state index in [1.54, 1.807) is 18.2 Å². The zero-order valence-corrected chi connectivity index (χ0v) is 25.4. The lowest BCUT2D eigenvalue weighted by Crippen LogP contribution is -2.48. The molecule has 3 atom stereocenters. The summed E-state index contributed by atoms with van der Waals surface area (Å²) >= 11 is 0. The van der Waals surface area contributed by atoms with Gasteiger partial charge in [0.25, 0.3) is 10.0 Å². The molecule has 1 radical (unpaired) electrons. The Morgan fingerprint density at radius 3 is 2.53 bits per heavy atom. The van der Waals surface area contributed by atoms with Crippen molar-refractivity contribution >= 4 is 40.0 Å². The minimum atomic E-state index is -4.83. The molecule has 0 saturated carbocycles. The van der Waals surface area contributed by atoms with Gasteiger partial charge in [0.1, 0.15) is 12.8 Å². The molecule has 0 spiro atoms. The zero-order valence-electron chi connectivity index (χ0n) is 24.6. The molecule has 2 aliphatic heterocycles. The van der Waals surface area contributed by atoms with Crippen molar-refractivity contribution in [1.29, 1.82) is 0 Å². The van der Waals surface area contributed by atoms with Crippen LogP contribution in [0.15, 0.2) is 66.0 Å². The van der Waals surface area contributed by atoms with E-state index in [-0.39, 0.29) is 44.9 Å². The summed E-state index contributed by atoms with van der Waals surface area (Å²) in [7, 11) is -0.559. The van der Waals surface area contributed by atoms with Crippen molar-refractivity contribution in [3.05, 3.63) is 72.3 Å². The Morgan fingerprint density at radius 2 is 1.89 bits per heavy atom. The van der Waals surface area contributed by atoms with E-state index in [1.807, 2.05) is 0 Å². The predicted molar refractivity (Wildman–Crippen MR) is 166 cm³/mol. The molecule has 2 fully saturated rings. The molecule has 11 nitrogen and oxygen atoms in total. The summed E-state index contributed by atoms with van der Waals surface area (Å²) in [5.74, 6) is 6.33. The van der Waals surface area contributed by atoms with E-state index in [2.05, 4.69) is 39.4 Å². The summed E-state index contributed by atoms with van der Waals surface area (Å²) in [6.07, 6.45) is 0.975. The lowest BCUT2D eigenvalue weighted by atomic mass is 9.96. The van der Waals surface area contributed by atoms with Crippen LogP contribution in [0.25, 0.3) is 28.0 Å². The smallest absolute Gasteiger partial charge is 0.403 e. The van der Waals surface area contributed by atoms with Gasteiger partial charge in [0, 0.05) is 55.2 Å². The number of hydrazine groups is 1. The number of benzene rings is 1. The fourth-order valence-corrected chi connectivity index (χ4v) is 7.11. The Morgan fingerprint density at radius 1 is 1.16 bits per heavy atom. The second kappa shape index (κ2) is 11.7. The van der Waals surface area contributed by atoms with Gasteiger partial charge >= 0.3 is 6.18 Å². The van der Waals surface area contributed by atoms with Crippen molar-refractivity contribution in [3.63, 3.8) is 0 Å². The predicted octanol–water partition coefficient (Wildman–Crippen LogP) is 3.54. The minimum absolute atomic E-state index is 0.0202. The van der Waals surface area contributed by atoms with Gasteiger partial charge in [0.05, 0.1) is 22.0 Å². The molecule has 45 heavy (non-hydrogen) atoms. The molecule has 235 valence electrons. The van der Waals surface area contributed by atoms with Gasteiger partial charge in [0.15, 0.2) is 5.65 Å². The topological polar surface area (TPSA) is 148 Å². The first-order valence-electron chi connectivity index (χ1n) is 14.4. The van der Waals surface area contributed by atoms with E-state index in [4.69, 9.17) is 11.6 Å². The third-order valence-electron chi connectivity index (χ3n) is 8.21. The Bertz CT molecular complexity index is 1860. The van der Waals surface area contributed by atoms with Crippen molar-refractivity contribution in [2.24, 2.45) is 11.6 Å². The molecule has 2 unspecified atom stereocenters. The maximum absolute atomic E-state index is 14.4. The molecular weight excluding hydrogens is 606 g/mol. The van der Waals surface area contributed by atoms with E-state index in [0.29, 0.717) is 18.5 Å². The Kier molecular flexibility index (Phi) is 7.99. The van der Waals surface area contributed by atoms with E-state index < -0.39 is 27.5 Å². The van der Waals surface area contributed by atoms with Crippen LogP contribution in [0.1, 0.15) is 31.0 Å². The first-order valence-corrected chi connectivity index (χ1v) is 15.9. The summed E-state index contributed by atoms with van der Waals surface area (Å²) < 4.78 is 71.9. The summed E-state index contributed by atoms with van der Waals surface area (Å²) in [5.41, 5.74) is 4.47. The average Bonchev–Trinajstić information content (AvgIpc) is 3.77. The normalized spacial score (nSPS) is 21.0. The largest absolute Gasteiger partial charge is 0.419 e. The highest BCUT2D eigenvalue weighted by atomic mass is 32.2. The third-order valence-corrected chi connectivity index (χ3v) is 9.87. The van der Waals surface area contributed by atoms with Crippen LogP contribution < -0.4 is 16.9 Å². The molecule has 1 aromatic carbocycles. The molecule has 5 heterocycles. The number of fused-ring (bicyclic) bond motifs is 1. The number of nitrogens with zero attached hydrogens (tertiary/aromatic N) is 6. The molecule has 0 amide bonds. The minimum Gasteiger partial charge on any atom is -0.403 e. The molecule has 0 aliphatic carbocycles. The molecule has 4 aromatic rings. The van der Waals surface area contributed by atoms with Crippen molar-refractivity contribution in [3.8, 4) is 11.3 Å². The van der Waals surface area contributed by atoms with E-state index in [0.717, 1.165) is 35.5 Å². The fraction of sp³-hybridized carbons (Fsp3) is 0.345. The second-order valence-corrected chi connectivity index (χ2v) is 13.2. The number of nitrogens with one attached hydrogen (secondary N) is 1. The number of nitrogens with two attached hydrogens (primary N) is 2. The number of pyridine rings is 1. The molecule has 2 saturated heterocycles. The van der Waals surface area contributed by atoms with Gasteiger partial charge in [-0.25, -0.2) is 33.2 Å². The molecule has 0 bridgehead atoms. The van der Waals surface area contributed by atoms with Crippen molar-refractivity contribution in [2.45, 2.75) is 55.2 Å². The van der Waals surface area contributed by atoms with Crippen LogP contribution in [0.4, 0.5) is 19.1 Å². The quantitative estimate of drug-likeness (QED) is 0.149. The number of hydrogen-bond donors (Lipinski definition) is 3. The van der Waals surface area contributed by atoms with Crippen LogP contribution in [0.3, 0.4) is 0 Å². The standard InChI is InChI=1S/C29H32BF3N9O2S/c1-17-8-9-18(15-41(17)25-12-30-25)37-28-36-14-22(29(31,32)33)26(39-28)21-16-42(45(43,44)19-6-4-3-5-7-19)27-20(21)10-11-23(38-27)24(13-34)40(2)35/h3-7,10-11,13-14,16-18,25H,8-9,12,15,34-35H2,1-2H3,(H,36,37,39)/b24-13-/t17-,18?,25?/m1/s1. The highest BCUT2D eigenvalue weighted by Crippen LogP contribution is 2.40. The molecule has 5 N–H and O–H groups in total. The molecule has 2 aliphatic rings. The van der Waals surface area contributed by atoms with Crippen LogP contribution >= 0.6 is 0 Å². The molecule has 16 heteroatoms. The van der Waals surface area contributed by atoms with Gasteiger partial charge in [-0.05, 0) is 50.0 Å². The number of alkyl halides is 3. The van der Waals surface area contributed by atoms with Crippen molar-refractivity contribution < 1.29 is 21.6 Å². The number of anilines is 1. The summed E-state index contributed by atoms with van der Waals surface area (Å²) in [4.78, 5) is 15.2. The van der Waals surface area contributed by atoms with E-state index in [9.17, 15) is 21.6 Å². The van der Waals surface area contributed by atoms with Crippen LogP contribution in [-0.4, -0.2) is 76.1 Å².